The summed E-state index contributed by atoms with van der Waals surface area (Å²) in [5, 5.41) is 10.7. The minimum absolute atomic E-state index is 0.0223. The fourth-order valence-electron chi connectivity index (χ4n) is 4.45. The van der Waals surface area contributed by atoms with Crippen LogP contribution in [0.3, 0.4) is 0 Å². The van der Waals surface area contributed by atoms with E-state index in [1.807, 2.05) is 7.05 Å². The van der Waals surface area contributed by atoms with Gasteiger partial charge >= 0.3 is 0 Å². The lowest BCUT2D eigenvalue weighted by Gasteiger charge is -2.25. The number of hydrogen-bond donors (Lipinski definition) is 2. The SMILES string of the molecule is COc1cc(OC)c2c(=O)cc(-c3ccc(N)cc3Cl)oc2c1[C@H]1CCN(C)[C@@H]1CO. The molecule has 1 saturated heterocycles. The molecular weight excluding hydrogens is 420 g/mol. The highest BCUT2D eigenvalue weighted by Crippen LogP contribution is 2.45. The summed E-state index contributed by atoms with van der Waals surface area (Å²) in [7, 11) is 5.03. The number of nitrogens with zero attached hydrogens (tertiary/aromatic N) is 1. The molecule has 31 heavy (non-hydrogen) atoms. The fraction of sp³-hybridized carbons (Fsp3) is 0.348. The van der Waals surface area contributed by atoms with E-state index in [0.717, 1.165) is 18.5 Å². The standard InChI is InChI=1S/C23H25ClN2O5/c1-26-7-6-14(16(26)11-27)21-19(29-2)10-20(30-3)22-17(28)9-18(31-23(21)22)13-5-4-12(25)8-15(13)24/h4-5,8-10,14,16,27H,6-7,11,25H2,1-3H3/t14-,16+/m0/s1. The molecule has 3 N–H and O–H groups in total. The van der Waals surface area contributed by atoms with E-state index >= 15 is 0 Å². The fourth-order valence-corrected chi connectivity index (χ4v) is 4.74. The number of nitrogen functional groups attached to an aromatic ring is 1. The minimum atomic E-state index is -0.253. The molecule has 1 fully saturated rings. The largest absolute Gasteiger partial charge is 0.496 e. The Balaban J connectivity index is 2.06. The van der Waals surface area contributed by atoms with Gasteiger partial charge in [-0.1, -0.05) is 11.6 Å². The molecule has 0 amide bonds. The van der Waals surface area contributed by atoms with Crippen molar-refractivity contribution >= 4 is 28.3 Å². The Morgan fingerprint density at radius 2 is 1.97 bits per heavy atom. The summed E-state index contributed by atoms with van der Waals surface area (Å²) in [6.45, 7) is 0.784. The van der Waals surface area contributed by atoms with Gasteiger partial charge in [-0.3, -0.25) is 4.79 Å². The average molecular weight is 445 g/mol. The van der Waals surface area contributed by atoms with Crippen LogP contribution < -0.4 is 20.6 Å². The lowest BCUT2D eigenvalue weighted by molar-refractivity contribution is 0.171. The molecule has 0 saturated carbocycles. The van der Waals surface area contributed by atoms with Crippen molar-refractivity contribution in [3.05, 3.63) is 51.1 Å². The number of aliphatic hydroxyl groups excluding tert-OH is 1. The molecule has 1 aromatic heterocycles. The Bertz CT molecular complexity index is 1190. The molecule has 0 bridgehead atoms. The second-order valence-electron chi connectivity index (χ2n) is 7.74. The van der Waals surface area contributed by atoms with E-state index in [4.69, 9.17) is 31.2 Å². The molecule has 164 valence electrons. The molecule has 1 aliphatic heterocycles. The van der Waals surface area contributed by atoms with Crippen molar-refractivity contribution in [3.8, 4) is 22.8 Å². The topological polar surface area (TPSA) is 98.2 Å². The van der Waals surface area contributed by atoms with Gasteiger partial charge in [-0.25, -0.2) is 0 Å². The van der Waals surface area contributed by atoms with E-state index in [1.54, 1.807) is 31.4 Å². The number of benzene rings is 2. The van der Waals surface area contributed by atoms with Crippen LogP contribution in [0.5, 0.6) is 11.5 Å². The first kappa shape index (κ1) is 21.5. The van der Waals surface area contributed by atoms with Crippen LogP contribution in [-0.2, 0) is 0 Å². The number of likely N-dealkylation sites (N-methyl/N-ethyl adjacent to an activating group) is 1. The van der Waals surface area contributed by atoms with Gasteiger partial charge in [0.25, 0.3) is 0 Å². The molecule has 0 unspecified atom stereocenters. The average Bonchev–Trinajstić information content (AvgIpc) is 3.12. The number of hydrogen-bond acceptors (Lipinski definition) is 7. The van der Waals surface area contributed by atoms with E-state index in [1.165, 1.54) is 13.2 Å². The Morgan fingerprint density at radius 3 is 2.61 bits per heavy atom. The monoisotopic (exact) mass is 444 g/mol. The Hall–Kier alpha value is -2.74. The second-order valence-corrected chi connectivity index (χ2v) is 8.15. The van der Waals surface area contributed by atoms with E-state index in [0.29, 0.717) is 44.5 Å². The van der Waals surface area contributed by atoms with Crippen LogP contribution >= 0.6 is 11.6 Å². The van der Waals surface area contributed by atoms with Crippen molar-refractivity contribution in [3.63, 3.8) is 0 Å². The number of aliphatic hydroxyl groups is 1. The maximum atomic E-state index is 13.2. The van der Waals surface area contributed by atoms with Crippen LogP contribution in [0.15, 0.2) is 39.5 Å². The molecule has 0 aliphatic carbocycles. The normalized spacial score (nSPS) is 19.1. The highest BCUT2D eigenvalue weighted by molar-refractivity contribution is 6.33. The summed E-state index contributed by atoms with van der Waals surface area (Å²) in [6, 6.07) is 8.02. The van der Waals surface area contributed by atoms with Crippen LogP contribution in [0.1, 0.15) is 17.9 Å². The molecule has 1 aliphatic rings. The summed E-state index contributed by atoms with van der Waals surface area (Å²) in [5.41, 5.74) is 7.76. The summed E-state index contributed by atoms with van der Waals surface area (Å²) < 4.78 is 17.5. The number of halogens is 1. The van der Waals surface area contributed by atoms with Crippen LogP contribution in [0.2, 0.25) is 5.02 Å². The summed E-state index contributed by atoms with van der Waals surface area (Å²) in [6.07, 6.45) is 0.788. The number of nitrogens with two attached hydrogens (primary N) is 1. The number of methoxy groups -OCH3 is 2. The van der Waals surface area contributed by atoms with Gasteiger partial charge in [0.1, 0.15) is 28.2 Å². The maximum Gasteiger partial charge on any atom is 0.197 e. The van der Waals surface area contributed by atoms with Gasteiger partial charge in [-0.2, -0.15) is 0 Å². The van der Waals surface area contributed by atoms with Crippen LogP contribution in [0, 0.1) is 0 Å². The van der Waals surface area contributed by atoms with Crippen molar-refractivity contribution in [2.75, 3.05) is 40.2 Å². The zero-order valence-electron chi connectivity index (χ0n) is 17.6. The molecule has 0 radical (unpaired) electrons. The smallest absolute Gasteiger partial charge is 0.197 e. The number of ether oxygens (including phenoxy) is 2. The van der Waals surface area contributed by atoms with E-state index in [-0.39, 0.29) is 24.0 Å². The van der Waals surface area contributed by atoms with Gasteiger partial charge < -0.3 is 29.6 Å². The highest BCUT2D eigenvalue weighted by atomic mass is 35.5. The van der Waals surface area contributed by atoms with Gasteiger partial charge in [0.15, 0.2) is 5.43 Å². The van der Waals surface area contributed by atoms with Gasteiger partial charge in [-0.05, 0) is 38.2 Å². The third-order valence-corrected chi connectivity index (χ3v) is 6.36. The predicted molar refractivity (Wildman–Crippen MR) is 121 cm³/mol. The summed E-state index contributed by atoms with van der Waals surface area (Å²) in [4.78, 5) is 15.3. The second kappa shape index (κ2) is 8.42. The van der Waals surface area contributed by atoms with Crippen LogP contribution in [0.4, 0.5) is 5.69 Å². The lowest BCUT2D eigenvalue weighted by Crippen LogP contribution is -2.32. The van der Waals surface area contributed by atoms with Gasteiger partial charge in [0.05, 0.1) is 25.8 Å². The number of anilines is 1. The van der Waals surface area contributed by atoms with Crippen molar-refractivity contribution in [1.29, 1.82) is 0 Å². The van der Waals surface area contributed by atoms with Crippen molar-refractivity contribution in [2.45, 2.75) is 18.4 Å². The van der Waals surface area contributed by atoms with Crippen LogP contribution in [0.25, 0.3) is 22.3 Å². The molecule has 2 aromatic carbocycles. The predicted octanol–water partition coefficient (Wildman–Crippen LogP) is 3.49. The maximum absolute atomic E-state index is 13.2. The molecule has 2 atom stereocenters. The molecule has 7 nitrogen and oxygen atoms in total. The first-order valence-electron chi connectivity index (χ1n) is 9.98. The molecule has 0 spiro atoms. The van der Waals surface area contributed by atoms with Gasteiger partial charge in [0, 0.05) is 40.9 Å². The van der Waals surface area contributed by atoms with Crippen molar-refractivity contribution < 1.29 is 19.0 Å². The third-order valence-electron chi connectivity index (χ3n) is 6.05. The third kappa shape index (κ3) is 3.63. The Morgan fingerprint density at radius 1 is 1.23 bits per heavy atom. The minimum Gasteiger partial charge on any atom is -0.496 e. The van der Waals surface area contributed by atoms with E-state index in [2.05, 4.69) is 4.90 Å². The van der Waals surface area contributed by atoms with Gasteiger partial charge in [0.2, 0.25) is 0 Å². The first-order chi connectivity index (χ1) is 14.9. The summed E-state index contributed by atoms with van der Waals surface area (Å²) >= 11 is 6.39. The van der Waals surface area contributed by atoms with Crippen molar-refractivity contribution in [1.82, 2.24) is 4.90 Å². The Kier molecular flexibility index (Phi) is 5.83. The zero-order chi connectivity index (χ0) is 22.3. The highest BCUT2D eigenvalue weighted by Gasteiger charge is 2.37. The number of rotatable bonds is 5. The molecular formula is C23H25ClN2O5. The van der Waals surface area contributed by atoms with E-state index < -0.39 is 0 Å². The quantitative estimate of drug-likeness (QED) is 0.581. The first-order valence-corrected chi connectivity index (χ1v) is 10.4. The number of fused-ring (bicyclic) bond motifs is 1. The molecule has 2 heterocycles. The molecule has 4 rings (SSSR count). The van der Waals surface area contributed by atoms with Crippen molar-refractivity contribution in [2.24, 2.45) is 0 Å². The lowest BCUT2D eigenvalue weighted by atomic mass is 9.89. The molecule has 8 heteroatoms. The number of likely N-dealkylation sites (tertiary alicyclic amines) is 1. The molecule has 3 aromatic rings. The van der Waals surface area contributed by atoms with E-state index in [9.17, 15) is 9.90 Å². The zero-order valence-corrected chi connectivity index (χ0v) is 18.4. The van der Waals surface area contributed by atoms with Gasteiger partial charge in [-0.15, -0.1) is 0 Å². The summed E-state index contributed by atoms with van der Waals surface area (Å²) in [5.74, 6) is 1.16. The van der Waals surface area contributed by atoms with Crippen LogP contribution in [-0.4, -0.2) is 50.5 Å². The Labute approximate surface area is 184 Å².